The fraction of sp³-hybridized carbons (Fsp3) is 1.00. The normalized spacial score (nSPS) is 13.2. The highest BCUT2D eigenvalue weighted by Gasteiger charge is 2.42. The van der Waals surface area contributed by atoms with E-state index >= 15 is 0 Å². The lowest BCUT2D eigenvalue weighted by Gasteiger charge is -2.29. The van der Waals surface area contributed by atoms with E-state index in [0.29, 0.717) is 0 Å². The summed E-state index contributed by atoms with van der Waals surface area (Å²) in [5.41, 5.74) is 0. The van der Waals surface area contributed by atoms with Crippen LogP contribution in [-0.2, 0) is 0 Å². The van der Waals surface area contributed by atoms with Gasteiger partial charge in [-0.3, -0.25) is 0 Å². The summed E-state index contributed by atoms with van der Waals surface area (Å²) < 4.78 is -2.09. The number of unbranched alkanes of at least 4 members (excludes halogenated alkanes) is 5. The van der Waals surface area contributed by atoms with Gasteiger partial charge in [-0.05, 0) is 29.0 Å². The summed E-state index contributed by atoms with van der Waals surface area (Å²) in [7, 11) is 0. The highest BCUT2D eigenvalue weighted by atomic mass is 127. The van der Waals surface area contributed by atoms with Crippen molar-refractivity contribution in [2.24, 2.45) is 0 Å². The molecule has 2 N–H and O–H groups in total. The van der Waals surface area contributed by atoms with Crippen molar-refractivity contribution in [3.8, 4) is 0 Å². The molecule has 0 spiro atoms. The first-order valence-corrected chi connectivity index (χ1v) is 8.56. The van der Waals surface area contributed by atoms with Crippen molar-refractivity contribution >= 4 is 67.8 Å². The number of halogens is 3. The molecule has 0 aliphatic carbocycles. The maximum absolute atomic E-state index is 9.51. The average Bonchev–Trinajstić information content (AvgIpc) is 2.09. The lowest BCUT2D eigenvalue weighted by atomic mass is 10.1. The minimum atomic E-state index is -1.62. The molecule has 0 aromatic heterocycles. The Balaban J connectivity index is 3.58. The van der Waals surface area contributed by atoms with E-state index in [9.17, 15) is 10.2 Å². The molecule has 0 saturated carbocycles. The Kier molecular flexibility index (Phi) is 9.41. The molecule has 92 valence electrons. The maximum atomic E-state index is 9.51. The van der Waals surface area contributed by atoms with Crippen molar-refractivity contribution in [2.75, 3.05) is 0 Å². The third-order valence-corrected chi connectivity index (χ3v) is 7.88. The lowest BCUT2D eigenvalue weighted by Crippen LogP contribution is -2.39. The maximum Gasteiger partial charge on any atom is 0.240 e. The zero-order valence-corrected chi connectivity index (χ0v) is 15.5. The van der Waals surface area contributed by atoms with Crippen LogP contribution in [0.3, 0.4) is 0 Å². The predicted octanol–water partition coefficient (Wildman–Crippen LogP) is 4.38. The highest BCUT2D eigenvalue weighted by Crippen LogP contribution is 2.45. The van der Waals surface area contributed by atoms with Gasteiger partial charge in [0.05, 0.1) is 0 Å². The van der Waals surface area contributed by atoms with Crippen LogP contribution in [0.25, 0.3) is 0 Å². The average molecular weight is 552 g/mol. The molecule has 0 radical (unpaired) electrons. The summed E-state index contributed by atoms with van der Waals surface area (Å²) in [6.07, 6.45) is 8.27. The van der Waals surface area contributed by atoms with E-state index in [1.807, 2.05) is 0 Å². The molecule has 0 amide bonds. The van der Waals surface area contributed by atoms with Crippen LogP contribution in [-0.4, -0.2) is 15.4 Å². The van der Waals surface area contributed by atoms with Crippen LogP contribution < -0.4 is 0 Å². The second kappa shape index (κ2) is 8.25. The quantitative estimate of drug-likeness (QED) is 0.203. The molecule has 0 fully saturated rings. The molecule has 0 rings (SSSR count). The standard InChI is InChI=1S/C10H19I3O2/c1-2-3-4-5-6-7-8-9(11,12)10(13,14)15/h14-15H,2-8H2,1H3. The third-order valence-electron chi connectivity index (χ3n) is 2.31. The highest BCUT2D eigenvalue weighted by molar-refractivity contribution is 14.2. The number of hydrogen-bond donors (Lipinski definition) is 2. The monoisotopic (exact) mass is 552 g/mol. The molecule has 0 unspecified atom stereocenters. The van der Waals surface area contributed by atoms with Crippen LogP contribution in [0.5, 0.6) is 0 Å². The molecule has 0 saturated heterocycles. The second-order valence-corrected chi connectivity index (χ2v) is 11.1. The van der Waals surface area contributed by atoms with Crippen LogP contribution in [0.2, 0.25) is 0 Å². The van der Waals surface area contributed by atoms with Gasteiger partial charge in [0.25, 0.3) is 0 Å². The van der Waals surface area contributed by atoms with Crippen LogP contribution in [0.15, 0.2) is 0 Å². The van der Waals surface area contributed by atoms with Gasteiger partial charge in [0.15, 0.2) is 0 Å². The van der Waals surface area contributed by atoms with Crippen molar-refractivity contribution in [1.82, 2.24) is 0 Å². The number of rotatable bonds is 8. The molecule has 15 heavy (non-hydrogen) atoms. The summed E-state index contributed by atoms with van der Waals surface area (Å²) in [6.45, 7) is 2.21. The van der Waals surface area contributed by atoms with E-state index in [4.69, 9.17) is 0 Å². The first kappa shape index (κ1) is 17.1. The fourth-order valence-electron chi connectivity index (χ4n) is 1.29. The van der Waals surface area contributed by atoms with Gasteiger partial charge in [0, 0.05) is 0 Å². The Morgan fingerprint density at radius 1 is 0.867 bits per heavy atom. The summed E-state index contributed by atoms with van der Waals surface area (Å²) in [6, 6.07) is 0. The van der Waals surface area contributed by atoms with E-state index in [0.717, 1.165) is 12.8 Å². The summed E-state index contributed by atoms with van der Waals surface area (Å²) in [5, 5.41) is 19.0. The second-order valence-electron chi connectivity index (χ2n) is 3.81. The smallest absolute Gasteiger partial charge is 0.240 e. The Hall–Kier alpha value is 2.11. The van der Waals surface area contributed by atoms with E-state index in [1.165, 1.54) is 32.1 Å². The van der Waals surface area contributed by atoms with Gasteiger partial charge in [0.2, 0.25) is 3.79 Å². The van der Waals surface area contributed by atoms with Crippen molar-refractivity contribution in [1.29, 1.82) is 0 Å². The predicted molar refractivity (Wildman–Crippen MR) is 90.0 cm³/mol. The van der Waals surface area contributed by atoms with E-state index in [2.05, 4.69) is 52.1 Å². The van der Waals surface area contributed by atoms with Gasteiger partial charge >= 0.3 is 0 Å². The van der Waals surface area contributed by atoms with Crippen molar-refractivity contribution < 1.29 is 10.2 Å². The van der Waals surface area contributed by atoms with E-state index in [1.54, 1.807) is 22.6 Å². The van der Waals surface area contributed by atoms with Gasteiger partial charge in [-0.15, -0.1) is 0 Å². The summed E-state index contributed by atoms with van der Waals surface area (Å²) >= 11 is 5.95. The molecule has 0 aliphatic rings. The van der Waals surface area contributed by atoms with Crippen LogP contribution in [0, 0.1) is 0 Å². The largest absolute Gasteiger partial charge is 0.356 e. The van der Waals surface area contributed by atoms with Crippen molar-refractivity contribution in [3.63, 3.8) is 0 Å². The number of aliphatic hydroxyl groups is 2. The Bertz CT molecular complexity index is 167. The van der Waals surface area contributed by atoms with Crippen LogP contribution in [0.1, 0.15) is 51.9 Å². The topological polar surface area (TPSA) is 40.5 Å². The minimum absolute atomic E-state index is 0.478. The van der Waals surface area contributed by atoms with Crippen LogP contribution >= 0.6 is 67.8 Å². The van der Waals surface area contributed by atoms with Crippen molar-refractivity contribution in [3.05, 3.63) is 0 Å². The van der Waals surface area contributed by atoms with E-state index in [-0.39, 0.29) is 0 Å². The SMILES string of the molecule is CCCCCCCCC(I)(I)C(O)(O)I. The molecule has 0 aromatic carbocycles. The zero-order valence-electron chi connectivity index (χ0n) is 8.98. The summed E-state index contributed by atoms with van der Waals surface area (Å²) in [5.74, 6) is 0. The van der Waals surface area contributed by atoms with Crippen molar-refractivity contribution in [2.45, 2.75) is 57.1 Å². The first-order valence-electron chi connectivity index (χ1n) is 5.32. The first-order chi connectivity index (χ1) is 6.81. The molecule has 0 aromatic rings. The fourth-order valence-corrected chi connectivity index (χ4v) is 2.32. The molecule has 5 heteroatoms. The minimum Gasteiger partial charge on any atom is -0.356 e. The lowest BCUT2D eigenvalue weighted by molar-refractivity contribution is -0.0599. The Labute approximate surface area is 133 Å². The molecule has 0 heterocycles. The zero-order chi connectivity index (χ0) is 11.9. The molecule has 0 atom stereocenters. The van der Waals surface area contributed by atoms with E-state index < -0.39 is 5.22 Å². The molecule has 0 aliphatic heterocycles. The molecule has 2 nitrogen and oxygen atoms in total. The van der Waals surface area contributed by atoms with Gasteiger partial charge in [-0.25, -0.2) is 0 Å². The Morgan fingerprint density at radius 3 is 1.80 bits per heavy atom. The van der Waals surface area contributed by atoms with Gasteiger partial charge in [0.1, 0.15) is 1.43 Å². The van der Waals surface area contributed by atoms with Crippen LogP contribution in [0.4, 0.5) is 0 Å². The van der Waals surface area contributed by atoms with Gasteiger partial charge < -0.3 is 10.2 Å². The molecule has 0 bridgehead atoms. The Morgan fingerprint density at radius 2 is 1.33 bits per heavy atom. The number of alkyl halides is 3. The summed E-state index contributed by atoms with van der Waals surface area (Å²) in [4.78, 5) is 0. The van der Waals surface area contributed by atoms with Gasteiger partial charge in [-0.1, -0.05) is 90.6 Å². The molecular formula is C10H19I3O2. The third kappa shape index (κ3) is 7.93. The molecular weight excluding hydrogens is 533 g/mol. The number of hydrogen-bond acceptors (Lipinski definition) is 2. The van der Waals surface area contributed by atoms with Gasteiger partial charge in [-0.2, -0.15) is 0 Å².